The van der Waals surface area contributed by atoms with Gasteiger partial charge in [-0.1, -0.05) is 37.3 Å². The van der Waals surface area contributed by atoms with Gasteiger partial charge in [-0.15, -0.1) is 0 Å². The molecule has 0 aromatic heterocycles. The van der Waals surface area contributed by atoms with Crippen molar-refractivity contribution in [3.63, 3.8) is 0 Å². The Morgan fingerprint density at radius 1 is 1.21 bits per heavy atom. The second-order valence-electron chi connectivity index (χ2n) is 7.29. The summed E-state index contributed by atoms with van der Waals surface area (Å²) >= 11 is 0. The number of hydrogen-bond acceptors (Lipinski definition) is 3. The van der Waals surface area contributed by atoms with Crippen LogP contribution in [-0.4, -0.2) is 57.4 Å². The molecule has 0 aliphatic carbocycles. The first kappa shape index (κ1) is 18.7. The van der Waals surface area contributed by atoms with E-state index in [1.54, 1.807) is 0 Å². The van der Waals surface area contributed by atoms with Gasteiger partial charge < -0.3 is 20.3 Å². The minimum atomic E-state index is -0.0809. The fourth-order valence-corrected chi connectivity index (χ4v) is 2.93. The summed E-state index contributed by atoms with van der Waals surface area (Å²) in [7, 11) is 4.10. The maximum absolute atomic E-state index is 12.1. The maximum atomic E-state index is 12.1. The highest BCUT2D eigenvalue weighted by Gasteiger charge is 2.27. The first-order chi connectivity index (χ1) is 11.5. The molecule has 1 aliphatic heterocycles. The Morgan fingerprint density at radius 2 is 1.88 bits per heavy atom. The van der Waals surface area contributed by atoms with Gasteiger partial charge in [0.2, 0.25) is 0 Å². The Balaban J connectivity index is 1.75. The van der Waals surface area contributed by atoms with Crippen LogP contribution in [0, 0.1) is 5.41 Å². The zero-order chi connectivity index (χ0) is 17.4. The summed E-state index contributed by atoms with van der Waals surface area (Å²) < 4.78 is 5.40. The Hall–Kier alpha value is -1.59. The number of amides is 2. The number of nitrogens with one attached hydrogen (secondary N) is 2. The van der Waals surface area contributed by atoms with Crippen LogP contribution in [0.2, 0.25) is 0 Å². The largest absolute Gasteiger partial charge is 0.381 e. The molecule has 2 amide bonds. The predicted molar refractivity (Wildman–Crippen MR) is 97.2 cm³/mol. The summed E-state index contributed by atoms with van der Waals surface area (Å²) in [4.78, 5) is 14.3. The smallest absolute Gasteiger partial charge is 0.314 e. The van der Waals surface area contributed by atoms with Gasteiger partial charge in [-0.25, -0.2) is 4.79 Å². The Morgan fingerprint density at radius 3 is 2.50 bits per heavy atom. The Kier molecular flexibility index (Phi) is 7.06. The SMILES string of the molecule is CN(C)C(CNC(=O)NCC1(C)CCOCC1)Cc1ccccc1. The van der Waals surface area contributed by atoms with E-state index in [2.05, 4.69) is 60.8 Å². The molecule has 0 radical (unpaired) electrons. The van der Waals surface area contributed by atoms with Crippen molar-refractivity contribution in [3.05, 3.63) is 35.9 Å². The van der Waals surface area contributed by atoms with E-state index < -0.39 is 0 Å². The minimum Gasteiger partial charge on any atom is -0.381 e. The van der Waals surface area contributed by atoms with Gasteiger partial charge >= 0.3 is 6.03 Å². The van der Waals surface area contributed by atoms with Crippen LogP contribution in [0.15, 0.2) is 30.3 Å². The summed E-state index contributed by atoms with van der Waals surface area (Å²) in [5.41, 5.74) is 1.44. The normalized spacial score (nSPS) is 18.2. The van der Waals surface area contributed by atoms with Crippen molar-refractivity contribution in [2.45, 2.75) is 32.2 Å². The minimum absolute atomic E-state index is 0.0809. The second-order valence-corrected chi connectivity index (χ2v) is 7.29. The molecule has 1 aliphatic rings. The zero-order valence-electron chi connectivity index (χ0n) is 15.2. The van der Waals surface area contributed by atoms with Gasteiger partial charge in [0.1, 0.15) is 0 Å². The van der Waals surface area contributed by atoms with Crippen LogP contribution in [0.1, 0.15) is 25.3 Å². The number of rotatable bonds is 7. The summed E-state index contributed by atoms with van der Waals surface area (Å²) in [6.07, 6.45) is 2.92. The lowest BCUT2D eigenvalue weighted by atomic mass is 9.82. The van der Waals surface area contributed by atoms with Crippen molar-refractivity contribution in [3.8, 4) is 0 Å². The fourth-order valence-electron chi connectivity index (χ4n) is 2.93. The molecular formula is C19H31N3O2. The first-order valence-electron chi connectivity index (χ1n) is 8.78. The number of hydrogen-bond donors (Lipinski definition) is 2. The van der Waals surface area contributed by atoms with Crippen LogP contribution in [-0.2, 0) is 11.2 Å². The molecule has 1 heterocycles. The van der Waals surface area contributed by atoms with E-state index in [-0.39, 0.29) is 17.5 Å². The predicted octanol–water partition coefficient (Wildman–Crippen LogP) is 2.28. The van der Waals surface area contributed by atoms with Gasteiger partial charge in [0, 0.05) is 32.3 Å². The van der Waals surface area contributed by atoms with Gasteiger partial charge in [-0.3, -0.25) is 0 Å². The van der Waals surface area contributed by atoms with Crippen LogP contribution < -0.4 is 10.6 Å². The van der Waals surface area contributed by atoms with Crippen molar-refractivity contribution in [1.29, 1.82) is 0 Å². The van der Waals surface area contributed by atoms with Crippen molar-refractivity contribution in [2.75, 3.05) is 40.4 Å². The van der Waals surface area contributed by atoms with E-state index in [9.17, 15) is 4.79 Å². The number of likely N-dealkylation sites (N-methyl/N-ethyl adjacent to an activating group) is 1. The molecule has 1 unspecified atom stereocenters. The molecular weight excluding hydrogens is 302 g/mol. The number of urea groups is 1. The summed E-state index contributed by atoms with van der Waals surface area (Å²) in [6, 6.07) is 10.6. The monoisotopic (exact) mass is 333 g/mol. The molecule has 0 saturated carbocycles. The van der Waals surface area contributed by atoms with Crippen LogP contribution in [0.3, 0.4) is 0 Å². The lowest BCUT2D eigenvalue weighted by molar-refractivity contribution is 0.0252. The molecule has 1 fully saturated rings. The summed E-state index contributed by atoms with van der Waals surface area (Å²) in [5, 5.41) is 6.05. The molecule has 1 aromatic carbocycles. The molecule has 2 rings (SSSR count). The van der Waals surface area contributed by atoms with Crippen LogP contribution in [0.4, 0.5) is 4.79 Å². The van der Waals surface area contributed by atoms with Crippen molar-refractivity contribution in [2.24, 2.45) is 5.41 Å². The number of ether oxygens (including phenoxy) is 1. The molecule has 24 heavy (non-hydrogen) atoms. The van der Waals surface area contributed by atoms with E-state index in [1.165, 1.54) is 5.56 Å². The van der Waals surface area contributed by atoms with Gasteiger partial charge in [0.05, 0.1) is 0 Å². The lowest BCUT2D eigenvalue weighted by Gasteiger charge is -2.33. The standard InChI is InChI=1S/C19H31N3O2/c1-19(9-11-24-12-10-19)15-21-18(23)20-14-17(22(2)3)13-16-7-5-4-6-8-16/h4-8,17H,9-15H2,1-3H3,(H2,20,21,23). The third-order valence-corrected chi connectivity index (χ3v) is 4.92. The molecule has 1 atom stereocenters. The van der Waals surface area contributed by atoms with Crippen molar-refractivity contribution in [1.82, 2.24) is 15.5 Å². The third-order valence-electron chi connectivity index (χ3n) is 4.92. The molecule has 0 spiro atoms. The molecule has 5 nitrogen and oxygen atoms in total. The molecule has 1 saturated heterocycles. The van der Waals surface area contributed by atoms with Gasteiger partial charge in [-0.05, 0) is 44.3 Å². The highest BCUT2D eigenvalue weighted by molar-refractivity contribution is 5.73. The fraction of sp³-hybridized carbons (Fsp3) is 0.632. The number of carbonyl (C=O) groups is 1. The van der Waals surface area contributed by atoms with Crippen molar-refractivity contribution < 1.29 is 9.53 Å². The summed E-state index contributed by atoms with van der Waals surface area (Å²) in [6.45, 7) is 5.13. The third kappa shape index (κ3) is 6.13. The lowest BCUT2D eigenvalue weighted by Crippen LogP contribution is -2.47. The Labute approximate surface area is 145 Å². The second kappa shape index (κ2) is 9.04. The molecule has 2 N–H and O–H groups in total. The quantitative estimate of drug-likeness (QED) is 0.805. The molecule has 134 valence electrons. The summed E-state index contributed by atoms with van der Waals surface area (Å²) in [5.74, 6) is 0. The van der Waals surface area contributed by atoms with E-state index in [0.29, 0.717) is 13.1 Å². The number of benzene rings is 1. The number of carbonyl (C=O) groups excluding carboxylic acids is 1. The molecule has 0 bridgehead atoms. The average Bonchev–Trinajstić information content (AvgIpc) is 2.58. The zero-order valence-corrected chi connectivity index (χ0v) is 15.2. The van der Waals surface area contributed by atoms with E-state index in [0.717, 1.165) is 32.5 Å². The topological polar surface area (TPSA) is 53.6 Å². The maximum Gasteiger partial charge on any atom is 0.314 e. The van der Waals surface area contributed by atoms with Gasteiger partial charge in [-0.2, -0.15) is 0 Å². The van der Waals surface area contributed by atoms with Crippen LogP contribution >= 0.6 is 0 Å². The highest BCUT2D eigenvalue weighted by atomic mass is 16.5. The number of nitrogens with zero attached hydrogens (tertiary/aromatic N) is 1. The van der Waals surface area contributed by atoms with Crippen LogP contribution in [0.25, 0.3) is 0 Å². The highest BCUT2D eigenvalue weighted by Crippen LogP contribution is 2.28. The molecule has 5 heteroatoms. The van der Waals surface area contributed by atoms with E-state index >= 15 is 0 Å². The van der Waals surface area contributed by atoms with Crippen LogP contribution in [0.5, 0.6) is 0 Å². The van der Waals surface area contributed by atoms with Gasteiger partial charge in [0.25, 0.3) is 0 Å². The Bertz CT molecular complexity index is 499. The molecule has 1 aromatic rings. The van der Waals surface area contributed by atoms with Crippen molar-refractivity contribution >= 4 is 6.03 Å². The van der Waals surface area contributed by atoms with E-state index in [4.69, 9.17) is 4.74 Å². The van der Waals surface area contributed by atoms with Gasteiger partial charge in [0.15, 0.2) is 0 Å². The first-order valence-corrected chi connectivity index (χ1v) is 8.78. The average molecular weight is 333 g/mol. The van der Waals surface area contributed by atoms with E-state index in [1.807, 2.05) is 6.07 Å².